The van der Waals surface area contributed by atoms with Crippen molar-refractivity contribution in [3.05, 3.63) is 16.9 Å². The van der Waals surface area contributed by atoms with Gasteiger partial charge < -0.3 is 14.9 Å². The van der Waals surface area contributed by atoms with Gasteiger partial charge in [-0.05, 0) is 46.0 Å². The summed E-state index contributed by atoms with van der Waals surface area (Å²) >= 11 is 3.39. The number of amides is 1. The van der Waals surface area contributed by atoms with Crippen molar-refractivity contribution in [1.29, 1.82) is 0 Å². The summed E-state index contributed by atoms with van der Waals surface area (Å²) in [5.74, 6) is 0.774. The second-order valence-corrected chi connectivity index (χ2v) is 8.96. The first-order valence-corrected chi connectivity index (χ1v) is 9.24. The van der Waals surface area contributed by atoms with E-state index in [9.17, 15) is 9.90 Å². The first-order valence-electron chi connectivity index (χ1n) is 8.45. The van der Waals surface area contributed by atoms with Gasteiger partial charge in [0.2, 0.25) is 5.95 Å². The molecular weight excluding hydrogens is 372 g/mol. The van der Waals surface area contributed by atoms with E-state index in [0.717, 1.165) is 36.2 Å². The molecule has 3 heterocycles. The largest absolute Gasteiger partial charge is 0.465 e. The molecule has 2 aliphatic rings. The summed E-state index contributed by atoms with van der Waals surface area (Å²) in [5, 5.41) is 9.24. The number of aromatic nitrogens is 2. The van der Waals surface area contributed by atoms with Crippen LogP contribution >= 0.6 is 15.9 Å². The minimum absolute atomic E-state index is 0.0678. The lowest BCUT2D eigenvalue weighted by molar-refractivity contribution is 0.0569. The maximum absolute atomic E-state index is 11.2. The van der Waals surface area contributed by atoms with E-state index in [-0.39, 0.29) is 10.8 Å². The van der Waals surface area contributed by atoms with E-state index in [0.29, 0.717) is 19.1 Å². The molecule has 132 valence electrons. The Balaban J connectivity index is 1.89. The predicted octanol–water partition coefficient (Wildman–Crippen LogP) is 3.62. The van der Waals surface area contributed by atoms with Gasteiger partial charge >= 0.3 is 6.09 Å². The standard InChI is InChI=1S/C17H25BrN4O2/c1-16(2,3)13-17(4-7-21(8-5-17)15(23)24)6-9-22(13)14-19-10-12(18)11-20-14/h10-11,13H,4-9H2,1-3H3,(H,23,24). The van der Waals surface area contributed by atoms with Crippen LogP contribution in [0.25, 0.3) is 0 Å². The zero-order valence-corrected chi connectivity index (χ0v) is 16.1. The molecular formula is C17H25BrN4O2. The second-order valence-electron chi connectivity index (χ2n) is 8.05. The van der Waals surface area contributed by atoms with E-state index in [1.807, 2.05) is 0 Å². The molecule has 1 atom stereocenters. The smallest absolute Gasteiger partial charge is 0.407 e. The highest BCUT2D eigenvalue weighted by Crippen LogP contribution is 2.52. The predicted molar refractivity (Wildman–Crippen MR) is 96.2 cm³/mol. The Labute approximate surface area is 151 Å². The quantitative estimate of drug-likeness (QED) is 0.784. The maximum atomic E-state index is 11.2. The van der Waals surface area contributed by atoms with E-state index >= 15 is 0 Å². The minimum Gasteiger partial charge on any atom is -0.465 e. The van der Waals surface area contributed by atoms with Gasteiger partial charge in [-0.3, -0.25) is 0 Å². The number of halogens is 1. The van der Waals surface area contributed by atoms with Crippen LogP contribution in [0.15, 0.2) is 16.9 Å². The van der Waals surface area contributed by atoms with Gasteiger partial charge in [0.1, 0.15) is 0 Å². The molecule has 2 aliphatic heterocycles. The van der Waals surface area contributed by atoms with E-state index in [4.69, 9.17) is 0 Å². The number of carbonyl (C=O) groups is 1. The topological polar surface area (TPSA) is 69.6 Å². The molecule has 2 saturated heterocycles. The Kier molecular flexibility index (Phi) is 4.49. The molecule has 7 heteroatoms. The number of carboxylic acid groups (broad SMARTS) is 1. The van der Waals surface area contributed by atoms with Crippen LogP contribution in [0.4, 0.5) is 10.7 Å². The average molecular weight is 397 g/mol. The summed E-state index contributed by atoms with van der Waals surface area (Å²) in [6.07, 6.45) is 5.67. The van der Waals surface area contributed by atoms with Crippen LogP contribution in [-0.2, 0) is 0 Å². The van der Waals surface area contributed by atoms with Gasteiger partial charge in [0.25, 0.3) is 0 Å². The van der Waals surface area contributed by atoms with E-state index in [1.165, 1.54) is 0 Å². The van der Waals surface area contributed by atoms with Gasteiger partial charge in [0.05, 0.1) is 4.47 Å². The van der Waals surface area contributed by atoms with Crippen LogP contribution in [-0.4, -0.2) is 51.7 Å². The summed E-state index contributed by atoms with van der Waals surface area (Å²) in [7, 11) is 0. The summed E-state index contributed by atoms with van der Waals surface area (Å²) in [6.45, 7) is 8.96. The molecule has 1 amide bonds. The van der Waals surface area contributed by atoms with Crippen LogP contribution in [0.3, 0.4) is 0 Å². The number of rotatable bonds is 1. The lowest BCUT2D eigenvalue weighted by Gasteiger charge is -2.49. The number of nitrogens with zero attached hydrogens (tertiary/aromatic N) is 4. The van der Waals surface area contributed by atoms with Crippen molar-refractivity contribution in [2.75, 3.05) is 24.5 Å². The Morgan fingerprint density at radius 3 is 2.25 bits per heavy atom. The number of piperidine rings is 1. The average Bonchev–Trinajstić information content (AvgIpc) is 2.87. The van der Waals surface area contributed by atoms with Gasteiger partial charge in [-0.15, -0.1) is 0 Å². The highest BCUT2D eigenvalue weighted by molar-refractivity contribution is 9.10. The minimum atomic E-state index is -0.803. The molecule has 0 bridgehead atoms. The van der Waals surface area contributed by atoms with Gasteiger partial charge in [-0.1, -0.05) is 20.8 Å². The number of anilines is 1. The Morgan fingerprint density at radius 2 is 1.75 bits per heavy atom. The Morgan fingerprint density at radius 1 is 1.21 bits per heavy atom. The van der Waals surface area contributed by atoms with E-state index in [1.54, 1.807) is 17.3 Å². The van der Waals surface area contributed by atoms with Gasteiger partial charge in [0, 0.05) is 38.1 Å². The first kappa shape index (κ1) is 17.5. The third-order valence-corrected chi connectivity index (χ3v) is 5.87. The van der Waals surface area contributed by atoms with Crippen molar-refractivity contribution in [3.8, 4) is 0 Å². The van der Waals surface area contributed by atoms with Crippen LogP contribution in [0, 0.1) is 10.8 Å². The molecule has 6 nitrogen and oxygen atoms in total. The lowest BCUT2D eigenvalue weighted by Crippen LogP contribution is -2.53. The van der Waals surface area contributed by atoms with Crippen LogP contribution in [0.5, 0.6) is 0 Å². The molecule has 2 fully saturated rings. The summed E-state index contributed by atoms with van der Waals surface area (Å²) in [5.41, 5.74) is 0.207. The molecule has 1 aromatic heterocycles. The molecule has 1 N–H and O–H groups in total. The Hall–Kier alpha value is -1.37. The maximum Gasteiger partial charge on any atom is 0.407 e. The monoisotopic (exact) mass is 396 g/mol. The fourth-order valence-electron chi connectivity index (χ4n) is 4.66. The highest BCUT2D eigenvalue weighted by Gasteiger charge is 2.54. The van der Waals surface area contributed by atoms with Crippen LogP contribution in [0.1, 0.15) is 40.0 Å². The molecule has 1 unspecified atom stereocenters. The summed E-state index contributed by atoms with van der Waals surface area (Å²) < 4.78 is 0.877. The highest BCUT2D eigenvalue weighted by atomic mass is 79.9. The van der Waals surface area contributed by atoms with Crippen molar-refractivity contribution in [1.82, 2.24) is 14.9 Å². The second kappa shape index (κ2) is 6.17. The molecule has 24 heavy (non-hydrogen) atoms. The fourth-order valence-corrected chi connectivity index (χ4v) is 4.87. The van der Waals surface area contributed by atoms with Crippen LogP contribution in [0.2, 0.25) is 0 Å². The summed E-state index contributed by atoms with van der Waals surface area (Å²) in [6, 6.07) is 0.308. The normalized spacial score (nSPS) is 23.8. The number of hydrogen-bond donors (Lipinski definition) is 1. The van der Waals surface area contributed by atoms with Crippen molar-refractivity contribution < 1.29 is 9.90 Å². The van der Waals surface area contributed by atoms with E-state index in [2.05, 4.69) is 51.6 Å². The van der Waals surface area contributed by atoms with Gasteiger partial charge in [-0.25, -0.2) is 14.8 Å². The van der Waals surface area contributed by atoms with Crippen molar-refractivity contribution in [2.24, 2.45) is 10.8 Å². The number of likely N-dealkylation sites (tertiary alicyclic amines) is 1. The third kappa shape index (κ3) is 3.10. The third-order valence-electron chi connectivity index (χ3n) is 5.46. The molecule has 0 aromatic carbocycles. The van der Waals surface area contributed by atoms with E-state index < -0.39 is 6.09 Å². The molecule has 0 aliphatic carbocycles. The lowest BCUT2D eigenvalue weighted by atomic mass is 9.64. The first-order chi connectivity index (χ1) is 11.2. The molecule has 0 radical (unpaired) electrons. The van der Waals surface area contributed by atoms with Crippen molar-refractivity contribution >= 4 is 28.0 Å². The zero-order chi connectivity index (χ0) is 17.5. The van der Waals surface area contributed by atoms with Crippen molar-refractivity contribution in [2.45, 2.75) is 46.1 Å². The van der Waals surface area contributed by atoms with Gasteiger partial charge in [0.15, 0.2) is 0 Å². The van der Waals surface area contributed by atoms with Crippen LogP contribution < -0.4 is 4.90 Å². The SMILES string of the molecule is CC(C)(C)C1N(c2ncc(Br)cn2)CCC12CCN(C(=O)O)CC2. The summed E-state index contributed by atoms with van der Waals surface area (Å²) in [4.78, 5) is 24.1. The Bertz CT molecular complexity index is 606. The van der Waals surface area contributed by atoms with Gasteiger partial charge in [-0.2, -0.15) is 0 Å². The molecule has 1 aromatic rings. The molecule has 3 rings (SSSR count). The van der Waals surface area contributed by atoms with Crippen molar-refractivity contribution in [3.63, 3.8) is 0 Å². The molecule has 0 saturated carbocycles. The zero-order valence-electron chi connectivity index (χ0n) is 14.5. The molecule has 1 spiro atoms. The fraction of sp³-hybridized carbons (Fsp3) is 0.706. The number of hydrogen-bond acceptors (Lipinski definition) is 4.